The smallest absolute Gasteiger partial charge is 0.121 e. The number of hydrogen-bond donors (Lipinski definition) is 0. The molecule has 0 aliphatic rings. The molecule has 0 atom stereocenters. The Labute approximate surface area is 169 Å². The lowest BCUT2D eigenvalue weighted by atomic mass is 9.84. The summed E-state index contributed by atoms with van der Waals surface area (Å²) < 4.78 is 5.46. The van der Waals surface area contributed by atoms with Gasteiger partial charge < -0.3 is 14.5 Å². The van der Waals surface area contributed by atoms with Crippen molar-refractivity contribution in [3.63, 3.8) is 0 Å². The van der Waals surface area contributed by atoms with Crippen LogP contribution in [0.3, 0.4) is 0 Å². The summed E-state index contributed by atoms with van der Waals surface area (Å²) in [6.07, 6.45) is 0. The Balaban J connectivity index is 2.09. The van der Waals surface area contributed by atoms with Crippen molar-refractivity contribution >= 4 is 11.4 Å². The molecule has 0 fully saturated rings. The van der Waals surface area contributed by atoms with Crippen molar-refractivity contribution in [3.8, 4) is 5.75 Å². The van der Waals surface area contributed by atoms with Crippen LogP contribution in [-0.4, -0.2) is 35.3 Å². The van der Waals surface area contributed by atoms with Gasteiger partial charge in [0.05, 0.1) is 7.11 Å². The zero-order valence-electron chi connectivity index (χ0n) is 17.7. The van der Waals surface area contributed by atoms with E-state index in [9.17, 15) is 0 Å². The number of rotatable bonds is 6. The summed E-state index contributed by atoms with van der Waals surface area (Å²) in [7, 11) is 10.00. The molecule has 0 aliphatic heterocycles. The molecule has 28 heavy (non-hydrogen) atoms. The fourth-order valence-electron chi connectivity index (χ4n) is 3.59. The molecule has 0 unspecified atom stereocenters. The van der Waals surface area contributed by atoms with Crippen LogP contribution in [0.5, 0.6) is 5.75 Å². The molecular formula is C25H30N2O. The zero-order valence-corrected chi connectivity index (χ0v) is 17.7. The summed E-state index contributed by atoms with van der Waals surface area (Å²) in [5, 5.41) is 0. The van der Waals surface area contributed by atoms with Gasteiger partial charge in [-0.1, -0.05) is 36.4 Å². The largest absolute Gasteiger partial charge is 0.496 e. The summed E-state index contributed by atoms with van der Waals surface area (Å²) in [6, 6.07) is 24.2. The SMILES string of the molecule is COc1ccc(C(c2ccc(N(C)C)cc2)c2ccc(N(C)C)cc2)cc1C. The zero-order chi connectivity index (χ0) is 20.3. The van der Waals surface area contributed by atoms with Crippen molar-refractivity contribution in [2.75, 3.05) is 45.1 Å². The fourth-order valence-corrected chi connectivity index (χ4v) is 3.59. The Hall–Kier alpha value is -2.94. The molecule has 3 nitrogen and oxygen atoms in total. The molecule has 0 heterocycles. The molecule has 3 heteroatoms. The molecule has 0 N–H and O–H groups in total. The first-order valence-corrected chi connectivity index (χ1v) is 9.60. The Morgan fingerprint density at radius 2 is 1.07 bits per heavy atom. The quantitative estimate of drug-likeness (QED) is 0.543. The van der Waals surface area contributed by atoms with E-state index in [1.165, 1.54) is 28.1 Å². The first kappa shape index (κ1) is 19.8. The number of ether oxygens (including phenoxy) is 1. The predicted molar refractivity (Wildman–Crippen MR) is 120 cm³/mol. The van der Waals surface area contributed by atoms with Crippen molar-refractivity contribution in [1.29, 1.82) is 0 Å². The van der Waals surface area contributed by atoms with Crippen LogP contribution >= 0.6 is 0 Å². The number of methoxy groups -OCH3 is 1. The molecule has 0 saturated heterocycles. The second-order valence-corrected chi connectivity index (χ2v) is 7.63. The molecule has 0 aliphatic carbocycles. The van der Waals surface area contributed by atoms with Crippen LogP contribution in [0.4, 0.5) is 11.4 Å². The summed E-state index contributed by atoms with van der Waals surface area (Å²) in [5.74, 6) is 1.10. The van der Waals surface area contributed by atoms with Gasteiger partial charge in [-0.05, 0) is 59.5 Å². The first-order chi connectivity index (χ1) is 13.4. The van der Waals surface area contributed by atoms with E-state index < -0.39 is 0 Å². The average Bonchev–Trinajstić information content (AvgIpc) is 2.69. The van der Waals surface area contributed by atoms with Crippen LogP contribution in [-0.2, 0) is 0 Å². The van der Waals surface area contributed by atoms with Gasteiger partial charge in [0.2, 0.25) is 0 Å². The van der Waals surface area contributed by atoms with Crippen molar-refractivity contribution in [3.05, 3.63) is 89.0 Å². The van der Waals surface area contributed by atoms with Gasteiger partial charge in [0, 0.05) is 45.5 Å². The second kappa shape index (κ2) is 8.39. The van der Waals surface area contributed by atoms with Crippen LogP contribution in [0, 0.1) is 6.92 Å². The fraction of sp³-hybridized carbons (Fsp3) is 0.280. The van der Waals surface area contributed by atoms with Crippen molar-refractivity contribution in [2.45, 2.75) is 12.8 Å². The Morgan fingerprint density at radius 1 is 0.643 bits per heavy atom. The van der Waals surface area contributed by atoms with E-state index in [0.29, 0.717) is 0 Å². The summed E-state index contributed by atoms with van der Waals surface area (Å²) >= 11 is 0. The predicted octanol–water partition coefficient (Wildman–Crippen LogP) is 5.32. The second-order valence-electron chi connectivity index (χ2n) is 7.63. The minimum absolute atomic E-state index is 0.178. The maximum absolute atomic E-state index is 5.46. The Morgan fingerprint density at radius 3 is 1.43 bits per heavy atom. The van der Waals surface area contributed by atoms with Crippen molar-refractivity contribution < 1.29 is 4.74 Å². The molecule has 0 amide bonds. The van der Waals surface area contributed by atoms with E-state index in [-0.39, 0.29) is 5.92 Å². The molecule has 3 aromatic rings. The van der Waals surface area contributed by atoms with Gasteiger partial charge in [0.1, 0.15) is 5.75 Å². The van der Waals surface area contributed by atoms with Gasteiger partial charge in [0.15, 0.2) is 0 Å². The molecule has 3 rings (SSSR count). The topological polar surface area (TPSA) is 15.7 Å². The maximum Gasteiger partial charge on any atom is 0.121 e. The lowest BCUT2D eigenvalue weighted by molar-refractivity contribution is 0.411. The number of nitrogens with zero attached hydrogens (tertiary/aromatic N) is 2. The van der Waals surface area contributed by atoms with Crippen LogP contribution in [0.1, 0.15) is 28.2 Å². The van der Waals surface area contributed by atoms with Gasteiger partial charge in [-0.25, -0.2) is 0 Å². The molecule has 3 aromatic carbocycles. The molecular weight excluding hydrogens is 344 g/mol. The van der Waals surface area contributed by atoms with Crippen molar-refractivity contribution in [2.24, 2.45) is 0 Å². The van der Waals surface area contributed by atoms with Gasteiger partial charge in [-0.15, -0.1) is 0 Å². The van der Waals surface area contributed by atoms with Gasteiger partial charge >= 0.3 is 0 Å². The summed E-state index contributed by atoms with van der Waals surface area (Å²) in [5.41, 5.74) is 7.40. The third-order valence-electron chi connectivity index (χ3n) is 5.24. The van der Waals surface area contributed by atoms with E-state index in [1.807, 2.05) is 0 Å². The normalized spacial score (nSPS) is 10.8. The Kier molecular flexibility index (Phi) is 5.93. The molecule has 0 aromatic heterocycles. The third kappa shape index (κ3) is 4.14. The molecule has 146 valence electrons. The number of benzene rings is 3. The van der Waals surface area contributed by atoms with E-state index >= 15 is 0 Å². The van der Waals surface area contributed by atoms with E-state index in [4.69, 9.17) is 4.74 Å². The Bertz CT molecular complexity index is 861. The van der Waals surface area contributed by atoms with Crippen LogP contribution in [0.15, 0.2) is 66.7 Å². The van der Waals surface area contributed by atoms with Crippen LogP contribution in [0.2, 0.25) is 0 Å². The van der Waals surface area contributed by atoms with E-state index in [0.717, 1.165) is 11.3 Å². The minimum Gasteiger partial charge on any atom is -0.496 e. The summed E-state index contributed by atoms with van der Waals surface area (Å²) in [4.78, 5) is 4.25. The molecule has 0 radical (unpaired) electrons. The first-order valence-electron chi connectivity index (χ1n) is 9.60. The number of anilines is 2. The monoisotopic (exact) mass is 374 g/mol. The van der Waals surface area contributed by atoms with E-state index in [2.05, 4.69) is 112 Å². The highest BCUT2D eigenvalue weighted by molar-refractivity contribution is 5.54. The molecule has 0 saturated carbocycles. The minimum atomic E-state index is 0.178. The maximum atomic E-state index is 5.46. The number of hydrogen-bond acceptors (Lipinski definition) is 3. The highest BCUT2D eigenvalue weighted by Crippen LogP contribution is 2.35. The standard InChI is InChI=1S/C25H30N2O/c1-18-17-21(11-16-24(18)28-6)25(19-7-12-22(13-8-19)26(2)3)20-9-14-23(15-10-20)27(4)5/h7-17,25H,1-6H3. The van der Waals surface area contributed by atoms with Crippen molar-refractivity contribution in [1.82, 2.24) is 0 Å². The highest BCUT2D eigenvalue weighted by Gasteiger charge is 2.18. The lowest BCUT2D eigenvalue weighted by Crippen LogP contribution is -2.10. The lowest BCUT2D eigenvalue weighted by Gasteiger charge is -2.22. The van der Waals surface area contributed by atoms with Gasteiger partial charge in [-0.2, -0.15) is 0 Å². The van der Waals surface area contributed by atoms with Crippen LogP contribution in [0.25, 0.3) is 0 Å². The highest BCUT2D eigenvalue weighted by atomic mass is 16.5. The molecule has 0 spiro atoms. The third-order valence-corrected chi connectivity index (χ3v) is 5.24. The average molecular weight is 375 g/mol. The molecule has 0 bridgehead atoms. The van der Waals surface area contributed by atoms with Gasteiger partial charge in [0.25, 0.3) is 0 Å². The van der Waals surface area contributed by atoms with Gasteiger partial charge in [-0.3, -0.25) is 0 Å². The number of aryl methyl sites for hydroxylation is 1. The van der Waals surface area contributed by atoms with Crippen LogP contribution < -0.4 is 14.5 Å². The van der Waals surface area contributed by atoms with E-state index in [1.54, 1.807) is 7.11 Å². The summed E-state index contributed by atoms with van der Waals surface area (Å²) in [6.45, 7) is 2.10.